The van der Waals surface area contributed by atoms with Gasteiger partial charge in [0.15, 0.2) is 23.0 Å². The first-order valence-corrected chi connectivity index (χ1v) is 39.4. The number of hydrogen-bond acceptors (Lipinski definition) is 5. The van der Waals surface area contributed by atoms with Gasteiger partial charge in [0, 0.05) is 34.6 Å². The SMILES string of the molecule is CCCCCCCCOc1cc2c(cc1OCCCCCCCC)C1(c3cc(Br)ccc3-c3ccc(Br)cc31)c1cc(C)c(C)cc1-2.CCCCCCCCOc1ccc(-c2cc(C)c(C)cc2C2(O)c3cc(Br)ccc3-c3ccc(Br)cc32)cc1OCCCCCCCC. The summed E-state index contributed by atoms with van der Waals surface area (Å²) in [6.45, 7) is 20.6. The molecule has 0 atom stereocenters. The van der Waals surface area contributed by atoms with Crippen molar-refractivity contribution in [2.75, 3.05) is 26.4 Å². The Labute approximate surface area is 603 Å². The lowest BCUT2D eigenvalue weighted by Crippen LogP contribution is -2.27. The van der Waals surface area contributed by atoms with Gasteiger partial charge in [-0.3, -0.25) is 0 Å². The van der Waals surface area contributed by atoms with E-state index in [-0.39, 0.29) is 0 Å². The van der Waals surface area contributed by atoms with Crippen LogP contribution in [0, 0.1) is 27.7 Å². The van der Waals surface area contributed by atoms with Gasteiger partial charge in [0.05, 0.1) is 31.8 Å². The number of unbranched alkanes of at least 4 members (excludes halogenated alkanes) is 20. The van der Waals surface area contributed by atoms with Crippen molar-refractivity contribution >= 4 is 63.7 Å². The highest BCUT2D eigenvalue weighted by Crippen LogP contribution is 2.65. The lowest BCUT2D eigenvalue weighted by Gasteiger charge is -2.31. The first-order chi connectivity index (χ1) is 46.2. The first kappa shape index (κ1) is 72.6. The maximum Gasteiger partial charge on any atom is 0.161 e. The van der Waals surface area contributed by atoms with Gasteiger partial charge >= 0.3 is 0 Å². The van der Waals surface area contributed by atoms with Crippen molar-refractivity contribution in [2.45, 2.75) is 221 Å². The van der Waals surface area contributed by atoms with Crippen LogP contribution in [0.15, 0.2) is 145 Å². The fourth-order valence-electron chi connectivity index (χ4n) is 14.7. The third-order valence-electron chi connectivity index (χ3n) is 20.2. The number of rotatable bonds is 34. The van der Waals surface area contributed by atoms with Crippen LogP contribution in [-0.4, -0.2) is 31.5 Å². The summed E-state index contributed by atoms with van der Waals surface area (Å²) in [4.78, 5) is 0. The molecule has 0 unspecified atom stereocenters. The molecule has 3 aliphatic rings. The summed E-state index contributed by atoms with van der Waals surface area (Å²) in [7, 11) is 0. The summed E-state index contributed by atoms with van der Waals surface area (Å²) in [6, 6.07) is 46.3. The molecule has 0 saturated heterocycles. The highest BCUT2D eigenvalue weighted by atomic mass is 79.9. The van der Waals surface area contributed by atoms with Crippen molar-refractivity contribution in [1.29, 1.82) is 0 Å². The van der Waals surface area contributed by atoms with Crippen LogP contribution in [0.4, 0.5) is 0 Å². The van der Waals surface area contributed by atoms with Gasteiger partial charge in [0.2, 0.25) is 0 Å². The predicted octanol–water partition coefficient (Wildman–Crippen LogP) is 26.9. The average molecular weight is 1540 g/mol. The molecule has 9 heteroatoms. The highest BCUT2D eigenvalue weighted by Gasteiger charge is 2.53. The van der Waals surface area contributed by atoms with Crippen LogP contribution in [0.2, 0.25) is 0 Å². The minimum absolute atomic E-state index is 0.447. The molecule has 0 aliphatic heterocycles. The quantitative estimate of drug-likeness (QED) is 0.0407. The molecule has 0 heterocycles. The molecule has 0 aromatic heterocycles. The van der Waals surface area contributed by atoms with Crippen molar-refractivity contribution in [3.8, 4) is 67.5 Å². The smallest absolute Gasteiger partial charge is 0.161 e. The number of hydrogen-bond donors (Lipinski definition) is 1. The largest absolute Gasteiger partial charge is 0.490 e. The summed E-state index contributed by atoms with van der Waals surface area (Å²) in [5, 5.41) is 13.1. The van der Waals surface area contributed by atoms with Crippen LogP contribution < -0.4 is 18.9 Å². The van der Waals surface area contributed by atoms with Crippen LogP contribution in [-0.2, 0) is 11.0 Å². The molecule has 0 saturated carbocycles. The zero-order valence-electron chi connectivity index (χ0n) is 58.0. The number of ether oxygens (including phenoxy) is 4. The van der Waals surface area contributed by atoms with Crippen LogP contribution in [0.3, 0.4) is 0 Å². The van der Waals surface area contributed by atoms with E-state index >= 15 is 0 Å². The maximum absolute atomic E-state index is 13.1. The van der Waals surface area contributed by atoms with Gasteiger partial charge in [-0.15, -0.1) is 0 Å². The van der Waals surface area contributed by atoms with Crippen LogP contribution in [0.5, 0.6) is 23.0 Å². The Morgan fingerprint density at radius 1 is 0.274 bits per heavy atom. The minimum Gasteiger partial charge on any atom is -0.490 e. The summed E-state index contributed by atoms with van der Waals surface area (Å²) < 4.78 is 30.3. The van der Waals surface area contributed by atoms with Gasteiger partial charge in [0.25, 0.3) is 0 Å². The number of benzene rings is 8. The van der Waals surface area contributed by atoms with Crippen molar-refractivity contribution in [1.82, 2.24) is 0 Å². The van der Waals surface area contributed by atoms with Crippen LogP contribution >= 0.6 is 63.7 Å². The van der Waals surface area contributed by atoms with Gasteiger partial charge in [-0.25, -0.2) is 0 Å². The minimum atomic E-state index is -1.35. The molecule has 1 spiro atoms. The fourth-order valence-corrected chi connectivity index (χ4v) is 16.2. The summed E-state index contributed by atoms with van der Waals surface area (Å²) in [5.74, 6) is 3.34. The van der Waals surface area contributed by atoms with Gasteiger partial charge in [0.1, 0.15) is 5.60 Å². The Morgan fingerprint density at radius 2 is 0.568 bits per heavy atom. The van der Waals surface area contributed by atoms with E-state index in [1.165, 1.54) is 190 Å². The monoisotopic (exact) mass is 1530 g/mol. The summed E-state index contributed by atoms with van der Waals surface area (Å²) in [5.41, 5.74) is 20.3. The van der Waals surface area contributed by atoms with E-state index in [1.54, 1.807) is 0 Å². The Bertz CT molecular complexity index is 3800. The molecule has 0 amide bonds. The van der Waals surface area contributed by atoms with E-state index in [4.69, 9.17) is 18.9 Å². The van der Waals surface area contributed by atoms with E-state index in [2.05, 4.69) is 247 Å². The highest BCUT2D eigenvalue weighted by molar-refractivity contribution is 9.11. The Balaban J connectivity index is 0.000000207. The van der Waals surface area contributed by atoms with E-state index in [1.807, 2.05) is 0 Å². The average Bonchev–Trinajstić information content (AvgIpc) is 1.51. The summed E-state index contributed by atoms with van der Waals surface area (Å²) in [6.07, 6.45) is 29.5. The summed E-state index contributed by atoms with van der Waals surface area (Å²) >= 11 is 15.1. The van der Waals surface area contributed by atoms with Gasteiger partial charge in [-0.1, -0.05) is 274 Å². The van der Waals surface area contributed by atoms with Crippen molar-refractivity contribution in [3.63, 3.8) is 0 Å². The molecule has 504 valence electrons. The second-order valence-corrected chi connectivity index (χ2v) is 30.8. The molecule has 95 heavy (non-hydrogen) atoms. The fraction of sp³-hybridized carbons (Fsp3) is 0.442. The molecule has 11 rings (SSSR count). The van der Waals surface area contributed by atoms with Crippen LogP contribution in [0.25, 0.3) is 44.5 Å². The third kappa shape index (κ3) is 16.4. The lowest BCUT2D eigenvalue weighted by molar-refractivity contribution is 0.131. The molecular formula is C86H102Br4O5. The van der Waals surface area contributed by atoms with Gasteiger partial charge in [-0.2, -0.15) is 0 Å². The number of fused-ring (bicyclic) bond motifs is 13. The van der Waals surface area contributed by atoms with Crippen LogP contribution in [0.1, 0.15) is 243 Å². The molecule has 3 aliphatic carbocycles. The molecule has 0 radical (unpaired) electrons. The number of aryl methyl sites for hydroxylation is 4. The van der Waals surface area contributed by atoms with E-state index < -0.39 is 11.0 Å². The lowest BCUT2D eigenvalue weighted by atomic mass is 9.70. The normalized spacial score (nSPS) is 13.2. The van der Waals surface area contributed by atoms with Crippen molar-refractivity contribution < 1.29 is 24.1 Å². The molecular weight excluding hydrogens is 1430 g/mol. The predicted molar refractivity (Wildman–Crippen MR) is 414 cm³/mol. The van der Waals surface area contributed by atoms with E-state index in [9.17, 15) is 5.11 Å². The molecule has 1 N–H and O–H groups in total. The molecule has 8 aromatic rings. The van der Waals surface area contributed by atoms with E-state index in [0.29, 0.717) is 19.8 Å². The van der Waals surface area contributed by atoms with E-state index in [0.717, 1.165) is 118 Å². The second kappa shape index (κ2) is 34.6. The Morgan fingerprint density at radius 3 is 1.00 bits per heavy atom. The first-order valence-electron chi connectivity index (χ1n) is 36.2. The molecule has 0 fully saturated rings. The zero-order valence-corrected chi connectivity index (χ0v) is 64.4. The number of aliphatic hydroxyl groups is 1. The number of halogens is 4. The zero-order chi connectivity index (χ0) is 67.1. The molecule has 5 nitrogen and oxygen atoms in total. The molecule has 0 bridgehead atoms. The van der Waals surface area contributed by atoms with Crippen molar-refractivity contribution in [3.05, 3.63) is 206 Å². The second-order valence-electron chi connectivity index (χ2n) is 27.2. The van der Waals surface area contributed by atoms with Gasteiger partial charge < -0.3 is 24.1 Å². The Kier molecular flexibility index (Phi) is 26.4. The standard InChI is InChI=1S/C43H52Br2O3.C43H50Br2O2/c1-5-7-9-11-13-15-23-47-41-22-17-32(27-42(41)48-24-16-14-12-10-8-6-2)37-25-30(3)31(4)26-38(37)43(46)39-28-33(44)18-20-35(39)36-21-19-34(45)29-40(36)43;1-5-7-9-11-13-15-21-46-41-27-36-35-23-29(3)30(4)24-37(35)43(40(36)28-42(41)47-22-16-14-12-10-8-6-2)38-25-31(44)17-19-33(38)34-20-18-32(45)26-39(34)43/h17-22,25-29,46H,5-16,23-24H2,1-4H3;17-20,23-28H,5-16,21-22H2,1-4H3. The topological polar surface area (TPSA) is 57.2 Å². The third-order valence-corrected chi connectivity index (χ3v) is 22.2. The molecule has 8 aromatic carbocycles. The maximum atomic E-state index is 13.1. The van der Waals surface area contributed by atoms with Gasteiger partial charge in [-0.05, 0) is 215 Å². The Hall–Kier alpha value is -5.16. The van der Waals surface area contributed by atoms with Crippen molar-refractivity contribution in [2.24, 2.45) is 0 Å².